The molecule has 0 spiro atoms. The zero-order chi connectivity index (χ0) is 22.7. The number of para-hydroxylation sites is 2. The third kappa shape index (κ3) is 5.54. The van der Waals surface area contributed by atoms with Crippen LogP contribution in [0.25, 0.3) is 11.0 Å². The molecule has 0 bridgehead atoms. The number of rotatable bonds is 11. The molecule has 1 saturated heterocycles. The molecule has 32 heavy (non-hydrogen) atoms. The van der Waals surface area contributed by atoms with Crippen molar-refractivity contribution in [2.75, 3.05) is 26.2 Å². The van der Waals surface area contributed by atoms with Crippen LogP contribution in [0.15, 0.2) is 34.9 Å². The van der Waals surface area contributed by atoms with Gasteiger partial charge in [-0.05, 0) is 31.1 Å². The van der Waals surface area contributed by atoms with Crippen molar-refractivity contribution in [3.63, 3.8) is 0 Å². The highest BCUT2D eigenvalue weighted by molar-refractivity contribution is 6.76. The summed E-state index contributed by atoms with van der Waals surface area (Å²) in [7, 11) is -1.10. The van der Waals surface area contributed by atoms with Crippen molar-refractivity contribution in [3.05, 3.63) is 47.9 Å². The predicted octanol–water partition coefficient (Wildman–Crippen LogP) is 4.57. The molecule has 0 radical (unpaired) electrons. The highest BCUT2D eigenvalue weighted by Gasteiger charge is 2.31. The minimum Gasteiger partial charge on any atom is -0.448 e. The summed E-state index contributed by atoms with van der Waals surface area (Å²) in [5, 5.41) is 0. The molecule has 172 valence electrons. The number of benzene rings is 1. The highest BCUT2D eigenvalue weighted by atomic mass is 28.3. The summed E-state index contributed by atoms with van der Waals surface area (Å²) in [5.41, 5.74) is 2.60. The van der Waals surface area contributed by atoms with Crippen LogP contribution in [-0.4, -0.2) is 59.5 Å². The van der Waals surface area contributed by atoms with E-state index in [1.165, 1.54) is 19.2 Å². The van der Waals surface area contributed by atoms with Crippen LogP contribution in [0.1, 0.15) is 41.5 Å². The average Bonchev–Trinajstić information content (AvgIpc) is 3.31. The molecule has 1 aromatic carbocycles. The fourth-order valence-electron chi connectivity index (χ4n) is 4.00. The third-order valence-corrected chi connectivity index (χ3v) is 7.72. The second-order valence-corrected chi connectivity index (χ2v) is 15.6. The quantitative estimate of drug-likeness (QED) is 0.240. The SMILES string of the molecule is CC(=O)c1coc(C2CN(CCCc3nc4ccccc4n3COCC[Si](C)(C)C)C2)n1. The van der Waals surface area contributed by atoms with Crippen molar-refractivity contribution >= 4 is 24.9 Å². The zero-order valence-electron chi connectivity index (χ0n) is 19.6. The Kier molecular flexibility index (Phi) is 6.92. The maximum absolute atomic E-state index is 11.4. The molecular formula is C24H34N4O3Si. The van der Waals surface area contributed by atoms with Gasteiger partial charge in [0.15, 0.2) is 11.7 Å². The number of carbonyl (C=O) groups excluding carboxylic acids is 1. The number of Topliss-reactive ketones (excluding diaryl/α,β-unsaturated/α-hetero) is 1. The summed E-state index contributed by atoms with van der Waals surface area (Å²) in [6.45, 7) is 12.9. The number of carbonyl (C=O) groups is 1. The maximum Gasteiger partial charge on any atom is 0.200 e. The van der Waals surface area contributed by atoms with E-state index in [2.05, 4.69) is 52.3 Å². The van der Waals surface area contributed by atoms with Crippen molar-refractivity contribution in [1.29, 1.82) is 0 Å². The number of oxazole rings is 1. The van der Waals surface area contributed by atoms with Gasteiger partial charge in [0.1, 0.15) is 24.5 Å². The van der Waals surface area contributed by atoms with Crippen LogP contribution in [-0.2, 0) is 17.9 Å². The Morgan fingerprint density at radius 3 is 2.72 bits per heavy atom. The van der Waals surface area contributed by atoms with Gasteiger partial charge in [0.2, 0.25) is 0 Å². The average molecular weight is 455 g/mol. The van der Waals surface area contributed by atoms with E-state index >= 15 is 0 Å². The minimum atomic E-state index is -1.10. The topological polar surface area (TPSA) is 73.4 Å². The lowest BCUT2D eigenvalue weighted by atomic mass is 10.00. The Hall–Kier alpha value is -2.29. The predicted molar refractivity (Wildman–Crippen MR) is 128 cm³/mol. The van der Waals surface area contributed by atoms with E-state index in [0.717, 1.165) is 55.9 Å². The minimum absolute atomic E-state index is 0.0523. The Morgan fingerprint density at radius 1 is 1.22 bits per heavy atom. The van der Waals surface area contributed by atoms with Crippen LogP contribution >= 0.6 is 0 Å². The van der Waals surface area contributed by atoms with Crippen molar-refractivity contribution in [2.24, 2.45) is 0 Å². The maximum atomic E-state index is 11.4. The summed E-state index contributed by atoms with van der Waals surface area (Å²) < 4.78 is 13.8. The molecule has 7 nitrogen and oxygen atoms in total. The lowest BCUT2D eigenvalue weighted by Gasteiger charge is -2.37. The Balaban J connectivity index is 1.29. The summed E-state index contributed by atoms with van der Waals surface area (Å²) in [4.78, 5) is 23.0. The number of ketones is 1. The van der Waals surface area contributed by atoms with Gasteiger partial charge >= 0.3 is 0 Å². The molecule has 8 heteroatoms. The number of hydrogen-bond acceptors (Lipinski definition) is 6. The van der Waals surface area contributed by atoms with Crippen molar-refractivity contribution in [3.8, 4) is 0 Å². The molecule has 1 fully saturated rings. The molecular weight excluding hydrogens is 420 g/mol. The molecule has 1 aliphatic heterocycles. The summed E-state index contributed by atoms with van der Waals surface area (Å²) in [5.74, 6) is 2.01. The van der Waals surface area contributed by atoms with Crippen molar-refractivity contribution < 1.29 is 13.9 Å². The van der Waals surface area contributed by atoms with Gasteiger partial charge in [-0.25, -0.2) is 9.97 Å². The fraction of sp³-hybridized carbons (Fsp3) is 0.542. The molecule has 3 aromatic rings. The number of ether oxygens (including phenoxy) is 1. The molecule has 0 aliphatic carbocycles. The van der Waals surface area contributed by atoms with Crippen LogP contribution in [0.4, 0.5) is 0 Å². The number of likely N-dealkylation sites (tertiary alicyclic amines) is 1. The highest BCUT2D eigenvalue weighted by Crippen LogP contribution is 2.27. The first-order valence-corrected chi connectivity index (χ1v) is 15.2. The monoisotopic (exact) mass is 454 g/mol. The second kappa shape index (κ2) is 9.68. The zero-order valence-corrected chi connectivity index (χ0v) is 20.6. The normalized spacial score (nSPS) is 15.4. The number of nitrogens with zero attached hydrogens (tertiary/aromatic N) is 4. The third-order valence-electron chi connectivity index (χ3n) is 6.01. The molecule has 0 atom stereocenters. The van der Waals surface area contributed by atoms with Crippen LogP contribution in [0.3, 0.4) is 0 Å². The van der Waals surface area contributed by atoms with Gasteiger partial charge in [-0.2, -0.15) is 0 Å². The smallest absolute Gasteiger partial charge is 0.200 e. The first-order chi connectivity index (χ1) is 15.3. The van der Waals surface area contributed by atoms with Gasteiger partial charge in [-0.15, -0.1) is 0 Å². The number of aromatic nitrogens is 3. The number of fused-ring (bicyclic) bond motifs is 1. The van der Waals surface area contributed by atoms with Gasteiger partial charge in [0.05, 0.1) is 17.0 Å². The van der Waals surface area contributed by atoms with Crippen LogP contribution in [0.2, 0.25) is 25.7 Å². The van der Waals surface area contributed by atoms with Gasteiger partial charge in [0.25, 0.3) is 0 Å². The molecule has 2 aromatic heterocycles. The standard InChI is InChI=1S/C24H34N4O3Si/c1-18(29)21-16-31-24(26-21)19-14-27(15-19)11-7-10-23-25-20-8-5-6-9-22(20)28(23)17-30-12-13-32(2,3)4/h5-6,8-9,16,19H,7,10-15,17H2,1-4H3. The van der Waals surface area contributed by atoms with Crippen LogP contribution < -0.4 is 0 Å². The van der Waals surface area contributed by atoms with E-state index in [4.69, 9.17) is 14.1 Å². The van der Waals surface area contributed by atoms with E-state index < -0.39 is 8.07 Å². The fourth-order valence-corrected chi connectivity index (χ4v) is 4.76. The molecule has 0 unspecified atom stereocenters. The van der Waals surface area contributed by atoms with Crippen molar-refractivity contribution in [1.82, 2.24) is 19.4 Å². The number of imidazole rings is 1. The number of aryl methyl sites for hydroxylation is 1. The Morgan fingerprint density at radius 2 is 2.00 bits per heavy atom. The van der Waals surface area contributed by atoms with E-state index in [0.29, 0.717) is 18.3 Å². The van der Waals surface area contributed by atoms with Gasteiger partial charge in [-0.3, -0.25) is 4.79 Å². The molecule has 0 N–H and O–H groups in total. The van der Waals surface area contributed by atoms with E-state index in [-0.39, 0.29) is 11.7 Å². The summed E-state index contributed by atoms with van der Waals surface area (Å²) in [6.07, 6.45) is 3.42. The largest absolute Gasteiger partial charge is 0.448 e. The second-order valence-electron chi connectivity index (χ2n) is 9.98. The Bertz CT molecular complexity index is 1060. The number of hydrogen-bond donors (Lipinski definition) is 0. The van der Waals surface area contributed by atoms with E-state index in [1.54, 1.807) is 0 Å². The first-order valence-electron chi connectivity index (χ1n) is 11.5. The lowest BCUT2D eigenvalue weighted by Crippen LogP contribution is -2.45. The van der Waals surface area contributed by atoms with E-state index in [9.17, 15) is 4.79 Å². The Labute approximate surface area is 190 Å². The van der Waals surface area contributed by atoms with Gasteiger partial charge in [-0.1, -0.05) is 31.8 Å². The van der Waals surface area contributed by atoms with Gasteiger partial charge < -0.3 is 18.6 Å². The molecule has 3 heterocycles. The lowest BCUT2D eigenvalue weighted by molar-refractivity contribution is 0.0873. The molecule has 0 amide bonds. The van der Waals surface area contributed by atoms with Gasteiger partial charge in [0, 0.05) is 41.1 Å². The molecule has 1 aliphatic rings. The van der Waals surface area contributed by atoms with Crippen LogP contribution in [0, 0.1) is 0 Å². The molecule has 0 saturated carbocycles. The van der Waals surface area contributed by atoms with Crippen molar-refractivity contribution in [2.45, 2.75) is 58.1 Å². The summed E-state index contributed by atoms with van der Waals surface area (Å²) in [6, 6.07) is 9.47. The first kappa shape index (κ1) is 22.9. The van der Waals surface area contributed by atoms with E-state index in [1.807, 2.05) is 6.07 Å². The molecule has 4 rings (SSSR count). The van der Waals surface area contributed by atoms with Crippen LogP contribution in [0.5, 0.6) is 0 Å². The summed E-state index contributed by atoms with van der Waals surface area (Å²) >= 11 is 0.